The van der Waals surface area contributed by atoms with E-state index < -0.39 is 0 Å². The van der Waals surface area contributed by atoms with Crippen molar-refractivity contribution in [1.82, 2.24) is 0 Å². The van der Waals surface area contributed by atoms with Crippen LogP contribution in [0.5, 0.6) is 0 Å². The Kier molecular flexibility index (Phi) is 8.06. The van der Waals surface area contributed by atoms with Gasteiger partial charge in [0, 0.05) is 32.7 Å². The lowest BCUT2D eigenvalue weighted by molar-refractivity contribution is 0.600. The molecular weight excluding hydrogens is 659 g/mol. The third-order valence-corrected chi connectivity index (χ3v) is 11.2. The second-order valence-electron chi connectivity index (χ2n) is 14.3. The summed E-state index contributed by atoms with van der Waals surface area (Å²) in [6, 6.07) is 58.2. The molecule has 1 unspecified atom stereocenters. The van der Waals surface area contributed by atoms with Gasteiger partial charge in [0.2, 0.25) is 0 Å². The fraction of sp³-hybridized carbons (Fsp3) is 0.118. The number of furan rings is 2. The summed E-state index contributed by atoms with van der Waals surface area (Å²) in [5.74, 6) is 0. The van der Waals surface area contributed by atoms with Gasteiger partial charge in [-0.05, 0) is 88.9 Å². The molecule has 1 atom stereocenters. The maximum atomic E-state index is 6.86. The van der Waals surface area contributed by atoms with Crippen LogP contribution >= 0.6 is 0 Å². The minimum atomic E-state index is -0.0611. The lowest BCUT2D eigenvalue weighted by Crippen LogP contribution is -2.13. The van der Waals surface area contributed by atoms with Crippen LogP contribution in [0.3, 0.4) is 0 Å². The van der Waals surface area contributed by atoms with Crippen LogP contribution in [0, 0.1) is 0 Å². The normalized spacial score (nSPS) is 17.5. The molecule has 0 fully saturated rings. The summed E-state index contributed by atoms with van der Waals surface area (Å²) in [4.78, 5) is 5.75. The Balaban J connectivity index is 1.13. The number of para-hydroxylation sites is 2. The maximum absolute atomic E-state index is 6.86. The zero-order valence-electron chi connectivity index (χ0n) is 30.3. The van der Waals surface area contributed by atoms with Gasteiger partial charge in [-0.15, -0.1) is 0 Å². The number of allylic oxidation sites excluding steroid dienone is 2. The van der Waals surface area contributed by atoms with Gasteiger partial charge in [0.25, 0.3) is 0 Å². The Morgan fingerprint density at radius 3 is 2.00 bits per heavy atom. The number of hydrogen-bond acceptors (Lipinski definition) is 3. The van der Waals surface area contributed by atoms with Crippen LogP contribution in [0.1, 0.15) is 55.3 Å². The molecule has 0 aliphatic carbocycles. The molecule has 3 heterocycles. The van der Waals surface area contributed by atoms with Gasteiger partial charge in [-0.25, -0.2) is 0 Å². The number of nitrogens with zero attached hydrogens (tertiary/aromatic N) is 1. The van der Waals surface area contributed by atoms with E-state index in [2.05, 4.69) is 159 Å². The Morgan fingerprint density at radius 1 is 0.537 bits per heavy atom. The second kappa shape index (κ2) is 13.5. The van der Waals surface area contributed by atoms with Gasteiger partial charge in [0.15, 0.2) is 0 Å². The fourth-order valence-corrected chi connectivity index (χ4v) is 8.59. The molecule has 10 rings (SSSR count). The predicted molar refractivity (Wildman–Crippen MR) is 225 cm³/mol. The molecule has 0 N–H and O–H groups in total. The molecule has 0 bridgehead atoms. The summed E-state index contributed by atoms with van der Waals surface area (Å²) in [5, 5.41) is 4.51. The molecule has 3 heteroatoms. The summed E-state index contributed by atoms with van der Waals surface area (Å²) < 4.78 is 13.0. The molecule has 0 spiro atoms. The number of fused-ring (bicyclic) bond motifs is 6. The predicted octanol–water partition coefficient (Wildman–Crippen LogP) is 14.4. The third-order valence-electron chi connectivity index (χ3n) is 11.2. The lowest BCUT2D eigenvalue weighted by Gasteiger charge is -2.24. The van der Waals surface area contributed by atoms with Crippen LogP contribution in [0.15, 0.2) is 183 Å². The molecule has 9 aromatic rings. The van der Waals surface area contributed by atoms with Gasteiger partial charge in [0.1, 0.15) is 22.3 Å². The van der Waals surface area contributed by atoms with Gasteiger partial charge >= 0.3 is 0 Å². The van der Waals surface area contributed by atoms with Crippen molar-refractivity contribution in [3.05, 3.63) is 186 Å². The molecule has 2 aromatic heterocycles. The van der Waals surface area contributed by atoms with Crippen molar-refractivity contribution >= 4 is 55.2 Å². The minimum Gasteiger partial charge on any atom is -0.456 e. The van der Waals surface area contributed by atoms with E-state index in [1.54, 1.807) is 0 Å². The highest BCUT2D eigenvalue weighted by molar-refractivity contribution is 6.17. The summed E-state index contributed by atoms with van der Waals surface area (Å²) in [6.07, 6.45) is 3.84. The van der Waals surface area contributed by atoms with Crippen molar-refractivity contribution < 1.29 is 8.83 Å². The zero-order valence-corrected chi connectivity index (χ0v) is 30.3. The van der Waals surface area contributed by atoms with Gasteiger partial charge in [-0.3, -0.25) is 4.99 Å². The molecule has 1 aliphatic rings. The average Bonchev–Trinajstić information content (AvgIpc) is 3.80. The molecule has 0 amide bonds. The number of hydrogen-bond donors (Lipinski definition) is 0. The van der Waals surface area contributed by atoms with Gasteiger partial charge in [-0.1, -0.05) is 146 Å². The highest BCUT2D eigenvalue weighted by Crippen LogP contribution is 2.43. The first-order valence-corrected chi connectivity index (χ1v) is 19.1. The zero-order chi connectivity index (χ0) is 36.0. The standard InChI is InChI=1S/C51H39NO2/c1-2-38-39(35-16-7-4-8-17-35)19-12-23-45(52-50(38)36-28-26-34(27-29-36)33-14-5-3-6-15-33)42-21-11-22-43-49-40(20-13-25-48(49)54-51(42)43)37-30-31-47-44(32-37)41-18-9-10-24-46(41)53-47/h3-11,13-18,20-22,24-32,45H,2,12,19,23H2,1H3/b39-38+,52-50-. The van der Waals surface area contributed by atoms with Crippen LogP contribution in [0.4, 0.5) is 0 Å². The molecule has 0 radical (unpaired) electrons. The maximum Gasteiger partial charge on any atom is 0.140 e. The van der Waals surface area contributed by atoms with E-state index in [0.29, 0.717) is 0 Å². The topological polar surface area (TPSA) is 38.6 Å². The smallest absolute Gasteiger partial charge is 0.140 e. The van der Waals surface area contributed by atoms with Crippen LogP contribution in [-0.4, -0.2) is 5.71 Å². The first kappa shape index (κ1) is 32.2. The van der Waals surface area contributed by atoms with Gasteiger partial charge < -0.3 is 8.83 Å². The summed E-state index contributed by atoms with van der Waals surface area (Å²) in [6.45, 7) is 2.27. The SMILES string of the molecule is CCC1=C(\c2ccccc2)CCCC(c2cccc3c2oc2cccc(-c4ccc5oc6ccccc6c5c4)c23)/N=C\1c1ccc(-c2ccccc2)cc1. The summed E-state index contributed by atoms with van der Waals surface area (Å²) in [5.41, 5.74) is 15.7. The van der Waals surface area contributed by atoms with Crippen molar-refractivity contribution in [2.75, 3.05) is 0 Å². The Bertz CT molecular complexity index is 2870. The Morgan fingerprint density at radius 2 is 1.19 bits per heavy atom. The number of benzene rings is 7. The van der Waals surface area contributed by atoms with Crippen LogP contribution in [-0.2, 0) is 0 Å². The van der Waals surface area contributed by atoms with E-state index in [9.17, 15) is 0 Å². The minimum absolute atomic E-state index is 0.0611. The molecule has 54 heavy (non-hydrogen) atoms. The first-order valence-electron chi connectivity index (χ1n) is 19.1. The molecule has 260 valence electrons. The van der Waals surface area contributed by atoms with Gasteiger partial charge in [-0.2, -0.15) is 0 Å². The van der Waals surface area contributed by atoms with Crippen LogP contribution in [0.2, 0.25) is 0 Å². The molecular formula is C51H39NO2. The molecule has 3 nitrogen and oxygen atoms in total. The molecule has 7 aromatic carbocycles. The molecule has 1 aliphatic heterocycles. The second-order valence-corrected chi connectivity index (χ2v) is 14.3. The molecule has 0 saturated heterocycles. The first-order chi connectivity index (χ1) is 26.7. The lowest BCUT2D eigenvalue weighted by atomic mass is 9.85. The Hall–Kier alpha value is -6.45. The summed E-state index contributed by atoms with van der Waals surface area (Å²) >= 11 is 0. The van der Waals surface area contributed by atoms with Crippen molar-refractivity contribution in [2.24, 2.45) is 4.99 Å². The quantitative estimate of drug-likeness (QED) is 0.173. The van der Waals surface area contributed by atoms with Crippen molar-refractivity contribution in [3.63, 3.8) is 0 Å². The fourth-order valence-electron chi connectivity index (χ4n) is 8.59. The monoisotopic (exact) mass is 697 g/mol. The third kappa shape index (κ3) is 5.56. The Labute approximate surface area is 314 Å². The van der Waals surface area contributed by atoms with E-state index in [0.717, 1.165) is 97.5 Å². The molecule has 0 saturated carbocycles. The average molecular weight is 698 g/mol. The van der Waals surface area contributed by atoms with E-state index in [1.807, 2.05) is 12.1 Å². The van der Waals surface area contributed by atoms with Crippen molar-refractivity contribution in [3.8, 4) is 22.3 Å². The van der Waals surface area contributed by atoms with E-state index in [-0.39, 0.29) is 6.04 Å². The largest absolute Gasteiger partial charge is 0.456 e. The van der Waals surface area contributed by atoms with Gasteiger partial charge in [0.05, 0.1) is 11.8 Å². The highest BCUT2D eigenvalue weighted by atomic mass is 16.3. The number of rotatable bonds is 6. The van der Waals surface area contributed by atoms with Crippen LogP contribution in [0.25, 0.3) is 71.7 Å². The van der Waals surface area contributed by atoms with Crippen molar-refractivity contribution in [1.29, 1.82) is 0 Å². The van der Waals surface area contributed by atoms with E-state index in [1.165, 1.54) is 27.8 Å². The number of aliphatic imine (C=N–C) groups is 1. The highest BCUT2D eigenvalue weighted by Gasteiger charge is 2.25. The van der Waals surface area contributed by atoms with E-state index >= 15 is 0 Å². The van der Waals surface area contributed by atoms with Crippen molar-refractivity contribution in [2.45, 2.75) is 38.6 Å². The van der Waals surface area contributed by atoms with E-state index in [4.69, 9.17) is 13.8 Å². The van der Waals surface area contributed by atoms with Crippen LogP contribution < -0.4 is 0 Å². The summed E-state index contributed by atoms with van der Waals surface area (Å²) in [7, 11) is 0.